The van der Waals surface area contributed by atoms with Crippen molar-refractivity contribution in [1.82, 2.24) is 4.90 Å². The highest BCUT2D eigenvalue weighted by Crippen LogP contribution is 2.39. The second-order valence-electron chi connectivity index (χ2n) is 7.95. The van der Waals surface area contributed by atoms with Crippen LogP contribution in [0.25, 0.3) is 11.0 Å². The quantitative estimate of drug-likeness (QED) is 0.655. The van der Waals surface area contributed by atoms with Crippen LogP contribution in [0.4, 0.5) is 0 Å². The van der Waals surface area contributed by atoms with Crippen molar-refractivity contribution in [3.63, 3.8) is 0 Å². The van der Waals surface area contributed by atoms with E-state index in [9.17, 15) is 9.90 Å². The zero-order chi connectivity index (χ0) is 20.7. The van der Waals surface area contributed by atoms with E-state index < -0.39 is 5.63 Å². The second kappa shape index (κ2) is 7.69. The maximum atomic E-state index is 12.2. The van der Waals surface area contributed by atoms with Gasteiger partial charge in [-0.15, -0.1) is 0 Å². The van der Waals surface area contributed by atoms with E-state index in [-0.39, 0.29) is 11.8 Å². The van der Waals surface area contributed by atoms with E-state index in [4.69, 9.17) is 13.9 Å². The van der Waals surface area contributed by atoms with Crippen molar-refractivity contribution in [2.24, 2.45) is 0 Å². The Morgan fingerprint density at radius 1 is 1.07 bits per heavy atom. The third kappa shape index (κ3) is 3.41. The van der Waals surface area contributed by atoms with Crippen LogP contribution >= 0.6 is 0 Å². The Morgan fingerprint density at radius 3 is 2.73 bits per heavy atom. The molecule has 5 rings (SSSR count). The summed E-state index contributed by atoms with van der Waals surface area (Å²) >= 11 is 0. The van der Waals surface area contributed by atoms with Crippen LogP contribution in [0, 0.1) is 0 Å². The van der Waals surface area contributed by atoms with Gasteiger partial charge in [-0.2, -0.15) is 0 Å². The Balaban J connectivity index is 1.49. The lowest BCUT2D eigenvalue weighted by atomic mass is 10.0. The zero-order valence-electron chi connectivity index (χ0n) is 17.0. The second-order valence-corrected chi connectivity index (χ2v) is 7.95. The van der Waals surface area contributed by atoms with Crippen molar-refractivity contribution >= 4 is 11.0 Å². The molecule has 3 aromatic rings. The standard InChI is InChI=1S/C24H25NO5/c1-2-15-10-18-17(12-24(27)30-22(18)13-20(15)26)14-25-7-3-4-19(25)16-5-6-21-23(11-16)29-9-8-28-21/h5-6,10-13,19,26H,2-4,7-9,14H2,1H3/t19-/m0/s1. The number of aromatic hydroxyl groups is 1. The highest BCUT2D eigenvalue weighted by molar-refractivity contribution is 5.82. The minimum Gasteiger partial charge on any atom is -0.508 e. The Labute approximate surface area is 174 Å². The molecular weight excluding hydrogens is 382 g/mol. The average molecular weight is 407 g/mol. The van der Waals surface area contributed by atoms with Gasteiger partial charge in [0.25, 0.3) is 0 Å². The largest absolute Gasteiger partial charge is 0.508 e. The molecule has 1 aromatic heterocycles. The van der Waals surface area contributed by atoms with Crippen LogP contribution in [0.15, 0.2) is 45.6 Å². The van der Waals surface area contributed by atoms with Crippen molar-refractivity contribution in [3.8, 4) is 17.2 Å². The molecule has 6 heteroatoms. The third-order valence-corrected chi connectivity index (χ3v) is 6.10. The monoisotopic (exact) mass is 407 g/mol. The molecule has 2 aromatic carbocycles. The maximum Gasteiger partial charge on any atom is 0.336 e. The van der Waals surface area contributed by atoms with E-state index in [0.29, 0.717) is 31.8 Å². The first-order valence-corrected chi connectivity index (χ1v) is 10.5. The summed E-state index contributed by atoms with van der Waals surface area (Å²) in [4.78, 5) is 14.6. The first-order valence-electron chi connectivity index (χ1n) is 10.5. The topological polar surface area (TPSA) is 72.1 Å². The van der Waals surface area contributed by atoms with Crippen molar-refractivity contribution < 1.29 is 19.0 Å². The van der Waals surface area contributed by atoms with Crippen LogP contribution < -0.4 is 15.1 Å². The van der Waals surface area contributed by atoms with Crippen LogP contribution in [0.5, 0.6) is 17.2 Å². The molecule has 1 fully saturated rings. The van der Waals surface area contributed by atoms with Gasteiger partial charge in [0.1, 0.15) is 24.5 Å². The van der Waals surface area contributed by atoms with Gasteiger partial charge in [-0.1, -0.05) is 13.0 Å². The number of likely N-dealkylation sites (tertiary alicyclic amines) is 1. The van der Waals surface area contributed by atoms with Gasteiger partial charge in [-0.3, -0.25) is 4.90 Å². The van der Waals surface area contributed by atoms with Gasteiger partial charge < -0.3 is 19.0 Å². The van der Waals surface area contributed by atoms with Gasteiger partial charge in [0.2, 0.25) is 0 Å². The van der Waals surface area contributed by atoms with Crippen LogP contribution in [0.1, 0.15) is 42.5 Å². The summed E-state index contributed by atoms with van der Waals surface area (Å²) in [5, 5.41) is 11.1. The van der Waals surface area contributed by atoms with E-state index in [1.54, 1.807) is 12.1 Å². The van der Waals surface area contributed by atoms with Crippen LogP contribution in [-0.4, -0.2) is 29.8 Å². The summed E-state index contributed by atoms with van der Waals surface area (Å²) in [7, 11) is 0. The minimum absolute atomic E-state index is 0.167. The maximum absolute atomic E-state index is 12.2. The Bertz CT molecular complexity index is 1150. The predicted molar refractivity (Wildman–Crippen MR) is 113 cm³/mol. The molecule has 0 radical (unpaired) electrons. The van der Waals surface area contributed by atoms with Crippen molar-refractivity contribution in [1.29, 1.82) is 0 Å². The number of phenols is 1. The van der Waals surface area contributed by atoms with E-state index in [2.05, 4.69) is 17.0 Å². The van der Waals surface area contributed by atoms with E-state index >= 15 is 0 Å². The van der Waals surface area contributed by atoms with Gasteiger partial charge in [-0.25, -0.2) is 4.79 Å². The van der Waals surface area contributed by atoms with Crippen molar-refractivity contribution in [2.45, 2.75) is 38.8 Å². The van der Waals surface area contributed by atoms with Crippen LogP contribution in [-0.2, 0) is 13.0 Å². The number of fused-ring (bicyclic) bond motifs is 2. The van der Waals surface area contributed by atoms with Crippen LogP contribution in [0.2, 0.25) is 0 Å². The normalized spacial score (nSPS) is 18.8. The number of hydrogen-bond acceptors (Lipinski definition) is 6. The SMILES string of the molecule is CCc1cc2c(CN3CCC[C@H]3c3ccc4c(c3)OCCO4)cc(=O)oc2cc1O. The lowest BCUT2D eigenvalue weighted by molar-refractivity contribution is 0.170. The molecule has 30 heavy (non-hydrogen) atoms. The van der Waals surface area contributed by atoms with Gasteiger partial charge in [-0.05, 0) is 60.7 Å². The molecule has 6 nitrogen and oxygen atoms in total. The third-order valence-electron chi connectivity index (χ3n) is 6.10. The molecule has 1 atom stereocenters. The number of ether oxygens (including phenoxy) is 2. The van der Waals surface area contributed by atoms with Crippen LogP contribution in [0.3, 0.4) is 0 Å². The first kappa shape index (κ1) is 19.0. The van der Waals surface area contributed by atoms with E-state index in [0.717, 1.165) is 47.4 Å². The van der Waals surface area contributed by atoms with Gasteiger partial charge in [0, 0.05) is 30.1 Å². The average Bonchev–Trinajstić information content (AvgIpc) is 3.21. The summed E-state index contributed by atoms with van der Waals surface area (Å²) in [5.41, 5.74) is 3.03. The molecule has 1 N–H and O–H groups in total. The highest BCUT2D eigenvalue weighted by atomic mass is 16.6. The molecule has 0 aliphatic carbocycles. The number of rotatable bonds is 4. The summed E-state index contributed by atoms with van der Waals surface area (Å²) in [6, 6.07) is 11.5. The predicted octanol–water partition coefficient (Wildman–Crippen LogP) is 4.17. The molecule has 0 amide bonds. The molecular formula is C24H25NO5. The van der Waals surface area contributed by atoms with Gasteiger partial charge >= 0.3 is 5.63 Å². The minimum atomic E-state index is -0.392. The molecule has 156 valence electrons. The Morgan fingerprint density at radius 2 is 1.90 bits per heavy atom. The lowest BCUT2D eigenvalue weighted by Crippen LogP contribution is -2.24. The molecule has 0 spiro atoms. The summed E-state index contributed by atoms with van der Waals surface area (Å²) in [5.74, 6) is 1.77. The van der Waals surface area contributed by atoms with Gasteiger partial charge in [0.15, 0.2) is 11.5 Å². The number of nitrogens with zero attached hydrogens (tertiary/aromatic N) is 1. The number of hydrogen-bond donors (Lipinski definition) is 1. The Kier molecular flexibility index (Phi) is 4.87. The molecule has 0 saturated carbocycles. The molecule has 0 unspecified atom stereocenters. The summed E-state index contributed by atoms with van der Waals surface area (Å²) in [6.45, 7) is 4.76. The Hall–Kier alpha value is -2.99. The lowest BCUT2D eigenvalue weighted by Gasteiger charge is -2.27. The first-order chi connectivity index (χ1) is 14.6. The number of phenolic OH excluding ortho intramolecular Hbond substituents is 1. The highest BCUT2D eigenvalue weighted by Gasteiger charge is 2.28. The molecule has 2 aliphatic heterocycles. The smallest absolute Gasteiger partial charge is 0.336 e. The van der Waals surface area contributed by atoms with Gasteiger partial charge in [0.05, 0.1) is 0 Å². The fraction of sp³-hybridized carbons (Fsp3) is 0.375. The molecule has 3 heterocycles. The van der Waals surface area contributed by atoms with Crippen molar-refractivity contribution in [2.75, 3.05) is 19.8 Å². The molecule has 2 aliphatic rings. The zero-order valence-corrected chi connectivity index (χ0v) is 17.0. The molecule has 1 saturated heterocycles. The summed E-state index contributed by atoms with van der Waals surface area (Å²) in [6.07, 6.45) is 2.86. The van der Waals surface area contributed by atoms with E-state index in [1.807, 2.05) is 19.1 Å². The van der Waals surface area contributed by atoms with Crippen molar-refractivity contribution in [3.05, 3.63) is 63.5 Å². The number of benzene rings is 2. The fourth-order valence-corrected chi connectivity index (χ4v) is 4.60. The summed E-state index contributed by atoms with van der Waals surface area (Å²) < 4.78 is 16.8. The molecule has 0 bridgehead atoms. The van der Waals surface area contributed by atoms with E-state index in [1.165, 1.54) is 5.56 Å². The fourth-order valence-electron chi connectivity index (χ4n) is 4.60. The number of aryl methyl sites for hydroxylation is 1.